The molecule has 0 spiro atoms. The standard InChI is InChI=1S/C23H25N5O2S/c1-4-29-19-12-10-18(11-13-19)28-21(14-17-8-6-5-7-9-17)25-26-23(28)31-15-20-24-22(16(2)3)30-27-20/h5-13,16H,4,14-15H2,1-3H3. The van der Waals surface area contributed by atoms with Crippen molar-refractivity contribution in [2.75, 3.05) is 6.61 Å². The first-order chi connectivity index (χ1) is 15.1. The van der Waals surface area contributed by atoms with Gasteiger partial charge in [0.05, 0.1) is 12.4 Å². The molecule has 2 heterocycles. The molecule has 4 rings (SSSR count). The average Bonchev–Trinajstić information content (AvgIpc) is 3.41. The van der Waals surface area contributed by atoms with Crippen molar-refractivity contribution in [1.29, 1.82) is 0 Å². The van der Waals surface area contributed by atoms with Crippen LogP contribution in [0.4, 0.5) is 0 Å². The predicted molar refractivity (Wildman–Crippen MR) is 120 cm³/mol. The minimum absolute atomic E-state index is 0.205. The highest BCUT2D eigenvalue weighted by atomic mass is 32.2. The Kier molecular flexibility index (Phi) is 6.66. The molecule has 2 aromatic carbocycles. The first-order valence-corrected chi connectivity index (χ1v) is 11.3. The number of ether oxygens (including phenoxy) is 1. The van der Waals surface area contributed by atoms with Crippen LogP contribution in [0.1, 0.15) is 49.8 Å². The Hall–Kier alpha value is -3.13. The summed E-state index contributed by atoms with van der Waals surface area (Å²) in [4.78, 5) is 4.46. The van der Waals surface area contributed by atoms with Crippen molar-refractivity contribution < 1.29 is 9.26 Å². The SMILES string of the molecule is CCOc1ccc(-n2c(Cc3ccccc3)nnc2SCc2noc(C(C)C)n2)cc1. The molecule has 0 amide bonds. The lowest BCUT2D eigenvalue weighted by molar-refractivity contribution is 0.340. The quantitative estimate of drug-likeness (QED) is 0.340. The van der Waals surface area contributed by atoms with Gasteiger partial charge in [-0.1, -0.05) is 61.1 Å². The van der Waals surface area contributed by atoms with E-state index in [1.54, 1.807) is 0 Å². The zero-order valence-electron chi connectivity index (χ0n) is 17.9. The highest BCUT2D eigenvalue weighted by Gasteiger charge is 2.17. The molecule has 0 aliphatic carbocycles. The third-order valence-electron chi connectivity index (χ3n) is 4.62. The Morgan fingerprint density at radius 2 is 1.81 bits per heavy atom. The van der Waals surface area contributed by atoms with Crippen LogP contribution in [0.2, 0.25) is 0 Å². The Labute approximate surface area is 185 Å². The number of benzene rings is 2. The monoisotopic (exact) mass is 435 g/mol. The molecule has 2 aromatic heterocycles. The molecular weight excluding hydrogens is 410 g/mol. The van der Waals surface area contributed by atoms with E-state index in [0.29, 0.717) is 30.5 Å². The van der Waals surface area contributed by atoms with E-state index < -0.39 is 0 Å². The summed E-state index contributed by atoms with van der Waals surface area (Å²) in [6, 6.07) is 18.2. The van der Waals surface area contributed by atoms with Crippen molar-refractivity contribution >= 4 is 11.8 Å². The topological polar surface area (TPSA) is 78.9 Å². The molecule has 0 N–H and O–H groups in total. The number of hydrogen-bond donors (Lipinski definition) is 0. The Bertz CT molecular complexity index is 1110. The first kappa shape index (κ1) is 21.1. The lowest BCUT2D eigenvalue weighted by Crippen LogP contribution is -2.04. The molecule has 8 heteroatoms. The van der Waals surface area contributed by atoms with Crippen LogP contribution in [0.3, 0.4) is 0 Å². The van der Waals surface area contributed by atoms with Crippen molar-refractivity contribution in [1.82, 2.24) is 24.9 Å². The van der Waals surface area contributed by atoms with Gasteiger partial charge in [0.25, 0.3) is 0 Å². The number of thioether (sulfide) groups is 1. The van der Waals surface area contributed by atoms with Gasteiger partial charge in [0, 0.05) is 18.0 Å². The van der Waals surface area contributed by atoms with Gasteiger partial charge in [0.1, 0.15) is 11.6 Å². The summed E-state index contributed by atoms with van der Waals surface area (Å²) >= 11 is 1.54. The fourth-order valence-corrected chi connectivity index (χ4v) is 3.91. The number of hydrogen-bond acceptors (Lipinski definition) is 7. The summed E-state index contributed by atoms with van der Waals surface area (Å²) < 4.78 is 13.0. The van der Waals surface area contributed by atoms with Gasteiger partial charge < -0.3 is 9.26 Å². The lowest BCUT2D eigenvalue weighted by atomic mass is 10.1. The van der Waals surface area contributed by atoms with Gasteiger partial charge in [0.15, 0.2) is 11.0 Å². The molecule has 0 unspecified atom stereocenters. The van der Waals surface area contributed by atoms with E-state index in [4.69, 9.17) is 9.26 Å². The van der Waals surface area contributed by atoms with Crippen molar-refractivity contribution in [3.63, 3.8) is 0 Å². The molecular formula is C23H25N5O2S. The fraction of sp³-hybridized carbons (Fsp3) is 0.304. The van der Waals surface area contributed by atoms with Crippen LogP contribution in [0.25, 0.3) is 5.69 Å². The van der Waals surface area contributed by atoms with E-state index in [0.717, 1.165) is 22.4 Å². The van der Waals surface area contributed by atoms with Gasteiger partial charge in [0.2, 0.25) is 5.89 Å². The van der Waals surface area contributed by atoms with Crippen molar-refractivity contribution in [3.05, 3.63) is 77.7 Å². The van der Waals surface area contributed by atoms with Crippen molar-refractivity contribution in [3.8, 4) is 11.4 Å². The number of aromatic nitrogens is 5. The van der Waals surface area contributed by atoms with Crippen LogP contribution in [0, 0.1) is 0 Å². The summed E-state index contributed by atoms with van der Waals surface area (Å²) in [5.74, 6) is 3.76. The molecule has 0 atom stereocenters. The molecule has 7 nitrogen and oxygen atoms in total. The highest BCUT2D eigenvalue weighted by Crippen LogP contribution is 2.27. The van der Waals surface area contributed by atoms with Gasteiger partial charge in [-0.05, 0) is 36.8 Å². The van der Waals surface area contributed by atoms with E-state index in [1.807, 2.05) is 63.2 Å². The van der Waals surface area contributed by atoms with Crippen molar-refractivity contribution in [2.24, 2.45) is 0 Å². The van der Waals surface area contributed by atoms with E-state index in [9.17, 15) is 0 Å². The second-order valence-electron chi connectivity index (χ2n) is 7.32. The van der Waals surface area contributed by atoms with Crippen LogP contribution < -0.4 is 4.74 Å². The van der Waals surface area contributed by atoms with Gasteiger partial charge in [-0.25, -0.2) is 0 Å². The summed E-state index contributed by atoms with van der Waals surface area (Å²) in [5, 5.41) is 13.8. The molecule has 0 saturated heterocycles. The Balaban J connectivity index is 1.62. The van der Waals surface area contributed by atoms with Crippen LogP contribution >= 0.6 is 11.8 Å². The van der Waals surface area contributed by atoms with Gasteiger partial charge in [-0.15, -0.1) is 10.2 Å². The first-order valence-electron chi connectivity index (χ1n) is 10.3. The lowest BCUT2D eigenvalue weighted by Gasteiger charge is -2.11. The second kappa shape index (κ2) is 9.78. The van der Waals surface area contributed by atoms with E-state index >= 15 is 0 Å². The summed E-state index contributed by atoms with van der Waals surface area (Å²) in [6.07, 6.45) is 0.682. The minimum atomic E-state index is 0.205. The molecule has 0 aliphatic rings. The minimum Gasteiger partial charge on any atom is -0.494 e. The average molecular weight is 436 g/mol. The largest absolute Gasteiger partial charge is 0.494 e. The second-order valence-corrected chi connectivity index (χ2v) is 8.26. The molecule has 0 fully saturated rings. The van der Waals surface area contributed by atoms with Gasteiger partial charge in [-0.3, -0.25) is 4.57 Å². The molecule has 0 saturated carbocycles. The third-order valence-corrected chi connectivity index (χ3v) is 5.54. The highest BCUT2D eigenvalue weighted by molar-refractivity contribution is 7.98. The maximum atomic E-state index is 5.59. The number of rotatable bonds is 9. The fourth-order valence-electron chi connectivity index (χ4n) is 3.09. The molecule has 31 heavy (non-hydrogen) atoms. The maximum absolute atomic E-state index is 5.59. The molecule has 0 aliphatic heterocycles. The molecule has 0 radical (unpaired) electrons. The third kappa shape index (κ3) is 5.14. The summed E-state index contributed by atoms with van der Waals surface area (Å²) in [6.45, 7) is 6.67. The molecule has 0 bridgehead atoms. The van der Waals surface area contributed by atoms with Crippen LogP contribution in [-0.4, -0.2) is 31.5 Å². The molecule has 4 aromatic rings. The zero-order chi connectivity index (χ0) is 21.6. The Morgan fingerprint density at radius 1 is 1.03 bits per heavy atom. The van der Waals surface area contributed by atoms with Crippen LogP contribution in [-0.2, 0) is 12.2 Å². The zero-order valence-corrected chi connectivity index (χ0v) is 18.7. The summed E-state index contributed by atoms with van der Waals surface area (Å²) in [5.41, 5.74) is 2.16. The van der Waals surface area contributed by atoms with Crippen LogP contribution in [0.15, 0.2) is 64.3 Å². The van der Waals surface area contributed by atoms with Gasteiger partial charge >= 0.3 is 0 Å². The van der Waals surface area contributed by atoms with Crippen molar-refractivity contribution in [2.45, 2.75) is 44.0 Å². The smallest absolute Gasteiger partial charge is 0.229 e. The van der Waals surface area contributed by atoms with E-state index in [1.165, 1.54) is 17.3 Å². The van der Waals surface area contributed by atoms with Gasteiger partial charge in [-0.2, -0.15) is 4.98 Å². The predicted octanol–water partition coefficient (Wildman–Crippen LogP) is 5.06. The molecule has 160 valence electrons. The van der Waals surface area contributed by atoms with E-state index in [-0.39, 0.29) is 5.92 Å². The maximum Gasteiger partial charge on any atom is 0.229 e. The van der Waals surface area contributed by atoms with E-state index in [2.05, 4.69) is 37.0 Å². The van der Waals surface area contributed by atoms with Crippen LogP contribution in [0.5, 0.6) is 5.75 Å². The summed E-state index contributed by atoms with van der Waals surface area (Å²) in [7, 11) is 0. The Morgan fingerprint density at radius 3 is 2.48 bits per heavy atom. The normalized spacial score (nSPS) is 11.2. The number of nitrogens with zero attached hydrogens (tertiary/aromatic N) is 5.